The Hall–Kier alpha value is -3.99. The van der Waals surface area contributed by atoms with Gasteiger partial charge in [-0.05, 0) is 47.5 Å². The predicted molar refractivity (Wildman–Crippen MR) is 110 cm³/mol. The van der Waals surface area contributed by atoms with E-state index < -0.39 is 4.92 Å². The molecule has 0 saturated heterocycles. The molecular weight excluding hydrogens is 352 g/mol. The maximum Gasteiger partial charge on any atom is 0.269 e. The smallest absolute Gasteiger partial charge is 0.269 e. The van der Waals surface area contributed by atoms with Crippen molar-refractivity contribution in [2.45, 2.75) is 0 Å². The summed E-state index contributed by atoms with van der Waals surface area (Å²) in [5.74, 6) is 1.25. The minimum atomic E-state index is -0.424. The summed E-state index contributed by atoms with van der Waals surface area (Å²) in [7, 11) is 0. The van der Waals surface area contributed by atoms with Crippen molar-refractivity contribution < 1.29 is 9.34 Å². The van der Waals surface area contributed by atoms with Gasteiger partial charge >= 0.3 is 0 Å². The highest BCUT2D eigenvalue weighted by atomic mass is 16.6. The fourth-order valence-electron chi connectivity index (χ4n) is 2.83. The quantitative estimate of drug-likeness (QED) is 0.237. The standard InChI is InChI=1S/C23H16N2O3/c26-25(27)21-12-8-19(9-13-21)23-15-14-22(28-23)16-24-20-10-6-18(7-11-20)17-4-2-1-3-5-17/h1-16H. The van der Waals surface area contributed by atoms with Crippen LogP contribution in [0.4, 0.5) is 11.4 Å². The minimum absolute atomic E-state index is 0.0519. The van der Waals surface area contributed by atoms with E-state index in [2.05, 4.69) is 17.1 Å². The molecule has 0 fully saturated rings. The molecule has 5 heteroatoms. The van der Waals surface area contributed by atoms with Gasteiger partial charge in [0.05, 0.1) is 16.8 Å². The van der Waals surface area contributed by atoms with Crippen LogP contribution in [0.3, 0.4) is 0 Å². The van der Waals surface area contributed by atoms with Crippen molar-refractivity contribution in [2.24, 2.45) is 4.99 Å². The van der Waals surface area contributed by atoms with Crippen LogP contribution in [0, 0.1) is 10.1 Å². The van der Waals surface area contributed by atoms with Gasteiger partial charge in [-0.2, -0.15) is 0 Å². The first-order valence-corrected chi connectivity index (χ1v) is 8.73. The van der Waals surface area contributed by atoms with Crippen molar-refractivity contribution in [1.82, 2.24) is 0 Å². The third-order valence-corrected chi connectivity index (χ3v) is 4.30. The first-order chi connectivity index (χ1) is 13.7. The van der Waals surface area contributed by atoms with E-state index in [0.29, 0.717) is 11.5 Å². The first-order valence-electron chi connectivity index (χ1n) is 8.73. The van der Waals surface area contributed by atoms with Crippen LogP contribution >= 0.6 is 0 Å². The Morgan fingerprint density at radius 2 is 1.39 bits per heavy atom. The van der Waals surface area contributed by atoms with E-state index in [1.807, 2.05) is 54.6 Å². The molecule has 0 radical (unpaired) electrons. The zero-order chi connectivity index (χ0) is 19.3. The Labute approximate surface area is 161 Å². The lowest BCUT2D eigenvalue weighted by Crippen LogP contribution is -1.86. The van der Waals surface area contributed by atoms with Crippen LogP contribution in [0.1, 0.15) is 5.76 Å². The lowest BCUT2D eigenvalue weighted by atomic mass is 10.1. The zero-order valence-corrected chi connectivity index (χ0v) is 14.9. The maximum atomic E-state index is 10.7. The summed E-state index contributed by atoms with van der Waals surface area (Å²) in [4.78, 5) is 14.8. The molecule has 5 nitrogen and oxygen atoms in total. The fourth-order valence-corrected chi connectivity index (χ4v) is 2.83. The molecule has 4 aromatic rings. The van der Waals surface area contributed by atoms with Crippen molar-refractivity contribution >= 4 is 17.6 Å². The van der Waals surface area contributed by atoms with Gasteiger partial charge < -0.3 is 4.42 Å². The van der Waals surface area contributed by atoms with E-state index in [1.54, 1.807) is 18.3 Å². The molecule has 0 aliphatic rings. The zero-order valence-electron chi connectivity index (χ0n) is 14.9. The van der Waals surface area contributed by atoms with Crippen LogP contribution in [0.25, 0.3) is 22.5 Å². The first kappa shape index (κ1) is 17.4. The highest BCUT2D eigenvalue weighted by Gasteiger charge is 2.08. The van der Waals surface area contributed by atoms with Gasteiger partial charge in [-0.1, -0.05) is 42.5 Å². The van der Waals surface area contributed by atoms with Gasteiger partial charge in [-0.25, -0.2) is 0 Å². The van der Waals surface area contributed by atoms with Crippen molar-refractivity contribution in [3.8, 4) is 22.5 Å². The van der Waals surface area contributed by atoms with Crippen molar-refractivity contribution in [3.63, 3.8) is 0 Å². The van der Waals surface area contributed by atoms with Crippen molar-refractivity contribution in [3.05, 3.63) is 107 Å². The monoisotopic (exact) mass is 368 g/mol. The molecule has 28 heavy (non-hydrogen) atoms. The van der Waals surface area contributed by atoms with E-state index in [9.17, 15) is 10.1 Å². The molecule has 0 amide bonds. The van der Waals surface area contributed by atoms with E-state index in [1.165, 1.54) is 12.1 Å². The molecule has 0 unspecified atom stereocenters. The highest BCUT2D eigenvalue weighted by Crippen LogP contribution is 2.25. The van der Waals surface area contributed by atoms with Gasteiger partial charge in [0.1, 0.15) is 11.5 Å². The van der Waals surface area contributed by atoms with Gasteiger partial charge in [0.25, 0.3) is 5.69 Å². The van der Waals surface area contributed by atoms with Gasteiger partial charge in [0.15, 0.2) is 0 Å². The van der Waals surface area contributed by atoms with Crippen LogP contribution in [0.2, 0.25) is 0 Å². The second-order valence-corrected chi connectivity index (χ2v) is 6.18. The van der Waals surface area contributed by atoms with Gasteiger partial charge in [-0.15, -0.1) is 0 Å². The Kier molecular flexibility index (Phi) is 4.80. The molecular formula is C23H16N2O3. The summed E-state index contributed by atoms with van der Waals surface area (Å²) >= 11 is 0. The third kappa shape index (κ3) is 3.88. The van der Waals surface area contributed by atoms with Crippen LogP contribution in [0.5, 0.6) is 0 Å². The van der Waals surface area contributed by atoms with Gasteiger partial charge in [0.2, 0.25) is 0 Å². The second-order valence-electron chi connectivity index (χ2n) is 6.18. The lowest BCUT2D eigenvalue weighted by Gasteiger charge is -2.01. The summed E-state index contributed by atoms with van der Waals surface area (Å²) in [6, 6.07) is 28.0. The predicted octanol–water partition coefficient (Wildman–Crippen LogP) is 6.27. The van der Waals surface area contributed by atoms with E-state index >= 15 is 0 Å². The molecule has 0 aliphatic heterocycles. The van der Waals surface area contributed by atoms with Crippen LogP contribution in [-0.4, -0.2) is 11.1 Å². The number of hydrogen-bond donors (Lipinski definition) is 0. The number of nitrogens with zero attached hydrogens (tertiary/aromatic N) is 2. The third-order valence-electron chi connectivity index (χ3n) is 4.30. The highest BCUT2D eigenvalue weighted by molar-refractivity contribution is 5.80. The Morgan fingerprint density at radius 1 is 0.750 bits per heavy atom. The van der Waals surface area contributed by atoms with Crippen LogP contribution in [-0.2, 0) is 0 Å². The molecule has 136 valence electrons. The molecule has 0 saturated carbocycles. The number of furan rings is 1. The molecule has 0 bridgehead atoms. The molecule has 1 heterocycles. The number of benzene rings is 3. The van der Waals surface area contributed by atoms with Crippen molar-refractivity contribution in [1.29, 1.82) is 0 Å². The largest absolute Gasteiger partial charge is 0.455 e. The molecule has 0 spiro atoms. The second kappa shape index (κ2) is 7.72. The minimum Gasteiger partial charge on any atom is -0.455 e. The summed E-state index contributed by atoms with van der Waals surface area (Å²) in [6.45, 7) is 0. The number of rotatable bonds is 5. The van der Waals surface area contributed by atoms with Gasteiger partial charge in [0, 0.05) is 17.7 Å². The topological polar surface area (TPSA) is 68.6 Å². The molecule has 0 aliphatic carbocycles. The molecule has 1 aromatic heterocycles. The normalized spacial score (nSPS) is 11.0. The van der Waals surface area contributed by atoms with Gasteiger partial charge in [-0.3, -0.25) is 15.1 Å². The molecule has 4 rings (SSSR count). The Morgan fingerprint density at radius 3 is 2.07 bits per heavy atom. The number of aliphatic imine (C=N–C) groups is 1. The summed E-state index contributed by atoms with van der Waals surface area (Å²) in [6.07, 6.45) is 1.66. The Bertz CT molecular complexity index is 1110. The fraction of sp³-hybridized carbons (Fsp3) is 0. The SMILES string of the molecule is O=[N+]([O-])c1ccc(-c2ccc(C=Nc3ccc(-c4ccccc4)cc3)o2)cc1. The molecule has 0 N–H and O–H groups in total. The van der Waals surface area contributed by atoms with E-state index in [-0.39, 0.29) is 5.69 Å². The lowest BCUT2D eigenvalue weighted by molar-refractivity contribution is -0.384. The van der Waals surface area contributed by atoms with Crippen molar-refractivity contribution in [2.75, 3.05) is 0 Å². The average molecular weight is 368 g/mol. The Balaban J connectivity index is 1.47. The van der Waals surface area contributed by atoms with E-state index in [4.69, 9.17) is 4.42 Å². The summed E-state index contributed by atoms with van der Waals surface area (Å²) in [5.41, 5.74) is 3.95. The van der Waals surface area contributed by atoms with E-state index in [0.717, 1.165) is 22.4 Å². The summed E-state index contributed by atoms with van der Waals surface area (Å²) in [5, 5.41) is 10.7. The number of nitro benzene ring substituents is 1. The summed E-state index contributed by atoms with van der Waals surface area (Å²) < 4.78 is 5.77. The maximum absolute atomic E-state index is 10.7. The number of non-ortho nitro benzene ring substituents is 1. The number of hydrogen-bond acceptors (Lipinski definition) is 4. The average Bonchev–Trinajstić information content (AvgIpc) is 3.22. The van der Waals surface area contributed by atoms with Crippen LogP contribution in [0.15, 0.2) is 100 Å². The van der Waals surface area contributed by atoms with Crippen LogP contribution < -0.4 is 0 Å². The molecule has 0 atom stereocenters. The molecule has 3 aromatic carbocycles. The number of nitro groups is 1.